The molecule has 1 unspecified atom stereocenters. The third-order valence-electron chi connectivity index (χ3n) is 2.29. The predicted octanol–water partition coefficient (Wildman–Crippen LogP) is 1.93. The summed E-state index contributed by atoms with van der Waals surface area (Å²) in [6.07, 6.45) is 0. The van der Waals surface area contributed by atoms with E-state index in [9.17, 15) is 8.42 Å². The van der Waals surface area contributed by atoms with Gasteiger partial charge in [0.25, 0.3) is 0 Å². The highest BCUT2D eigenvalue weighted by atomic mass is 35.5. The van der Waals surface area contributed by atoms with Gasteiger partial charge in [-0.2, -0.15) is 0 Å². The number of sulfonamides is 1. The lowest BCUT2D eigenvalue weighted by molar-refractivity contribution is 0.573. The van der Waals surface area contributed by atoms with Crippen molar-refractivity contribution in [3.8, 4) is 0 Å². The van der Waals surface area contributed by atoms with Crippen LogP contribution >= 0.6 is 23.2 Å². The van der Waals surface area contributed by atoms with E-state index in [0.29, 0.717) is 10.0 Å². The molecule has 0 aliphatic carbocycles. The lowest BCUT2D eigenvalue weighted by Gasteiger charge is -2.15. The van der Waals surface area contributed by atoms with Gasteiger partial charge in [-0.1, -0.05) is 35.3 Å². The molecule has 96 valence electrons. The van der Waals surface area contributed by atoms with Crippen LogP contribution in [0.5, 0.6) is 0 Å². The van der Waals surface area contributed by atoms with Gasteiger partial charge >= 0.3 is 0 Å². The molecule has 0 aliphatic heterocycles. The molecule has 4 nitrogen and oxygen atoms in total. The first-order chi connectivity index (χ1) is 7.81. The number of hydrogen-bond acceptors (Lipinski definition) is 3. The van der Waals surface area contributed by atoms with Crippen LogP contribution in [0.15, 0.2) is 18.2 Å². The van der Waals surface area contributed by atoms with Crippen molar-refractivity contribution in [2.75, 3.05) is 12.3 Å². The predicted molar refractivity (Wildman–Crippen MR) is 70.9 cm³/mol. The quantitative estimate of drug-likeness (QED) is 0.872. The highest BCUT2D eigenvalue weighted by Crippen LogP contribution is 2.29. The van der Waals surface area contributed by atoms with Crippen molar-refractivity contribution in [3.05, 3.63) is 33.8 Å². The number of nitrogens with two attached hydrogens (primary N) is 1. The van der Waals surface area contributed by atoms with Gasteiger partial charge in [0.15, 0.2) is 0 Å². The monoisotopic (exact) mass is 296 g/mol. The van der Waals surface area contributed by atoms with Crippen molar-refractivity contribution in [2.24, 2.45) is 5.14 Å². The van der Waals surface area contributed by atoms with E-state index >= 15 is 0 Å². The Hall–Kier alpha value is -0.330. The fourth-order valence-electron chi connectivity index (χ4n) is 1.38. The smallest absolute Gasteiger partial charge is 0.210 e. The first-order valence-electron chi connectivity index (χ1n) is 4.99. The Morgan fingerprint density at radius 3 is 2.65 bits per heavy atom. The molecule has 1 rings (SSSR count). The highest BCUT2D eigenvalue weighted by Gasteiger charge is 2.12. The molecule has 0 aromatic heterocycles. The lowest BCUT2D eigenvalue weighted by atomic mass is 10.1. The van der Waals surface area contributed by atoms with Crippen molar-refractivity contribution < 1.29 is 8.42 Å². The Kier molecular flexibility index (Phi) is 5.22. The molecule has 0 saturated heterocycles. The van der Waals surface area contributed by atoms with E-state index in [1.54, 1.807) is 12.1 Å². The molecule has 1 aromatic carbocycles. The summed E-state index contributed by atoms with van der Waals surface area (Å²) in [5, 5.41) is 8.87. The summed E-state index contributed by atoms with van der Waals surface area (Å²) in [5.74, 6) is -0.116. The molecule has 0 bridgehead atoms. The van der Waals surface area contributed by atoms with Crippen LogP contribution in [0.1, 0.15) is 18.5 Å². The van der Waals surface area contributed by atoms with Crippen LogP contribution in [0.25, 0.3) is 0 Å². The highest BCUT2D eigenvalue weighted by molar-refractivity contribution is 7.89. The number of primary sulfonamides is 1. The maximum Gasteiger partial charge on any atom is 0.210 e. The van der Waals surface area contributed by atoms with Gasteiger partial charge in [0, 0.05) is 12.6 Å². The topological polar surface area (TPSA) is 72.2 Å². The molecule has 0 fully saturated rings. The molecule has 0 radical (unpaired) electrons. The Balaban J connectivity index is 2.64. The second-order valence-corrected chi connectivity index (χ2v) is 6.20. The van der Waals surface area contributed by atoms with E-state index in [-0.39, 0.29) is 18.3 Å². The van der Waals surface area contributed by atoms with E-state index < -0.39 is 10.0 Å². The normalized spacial score (nSPS) is 13.6. The molecule has 1 atom stereocenters. The van der Waals surface area contributed by atoms with Crippen LogP contribution in [0.4, 0.5) is 0 Å². The Bertz CT molecular complexity index is 491. The van der Waals surface area contributed by atoms with Gasteiger partial charge in [-0.05, 0) is 18.6 Å². The number of hydrogen-bond donors (Lipinski definition) is 2. The van der Waals surface area contributed by atoms with Crippen LogP contribution in [0, 0.1) is 0 Å². The van der Waals surface area contributed by atoms with Gasteiger partial charge in [-0.25, -0.2) is 13.6 Å². The standard InChI is InChI=1S/C10H14Cl2N2O2S/c1-7(14-5-6-17(13,15)16)8-3-2-4-9(11)10(8)12/h2-4,7,14H,5-6H2,1H3,(H2,13,15,16). The zero-order valence-electron chi connectivity index (χ0n) is 9.28. The second-order valence-electron chi connectivity index (χ2n) is 3.69. The molecule has 0 amide bonds. The zero-order chi connectivity index (χ0) is 13.1. The zero-order valence-corrected chi connectivity index (χ0v) is 11.6. The van der Waals surface area contributed by atoms with Crippen molar-refractivity contribution in [2.45, 2.75) is 13.0 Å². The Morgan fingerprint density at radius 1 is 1.41 bits per heavy atom. The first kappa shape index (κ1) is 14.7. The molecule has 0 heterocycles. The van der Waals surface area contributed by atoms with Crippen LogP contribution in [-0.4, -0.2) is 20.7 Å². The minimum atomic E-state index is -3.44. The van der Waals surface area contributed by atoms with Crippen LogP contribution < -0.4 is 10.5 Å². The number of nitrogens with one attached hydrogen (secondary N) is 1. The van der Waals surface area contributed by atoms with Crippen LogP contribution in [0.3, 0.4) is 0 Å². The number of rotatable bonds is 5. The van der Waals surface area contributed by atoms with Gasteiger partial charge < -0.3 is 5.32 Å². The molecule has 0 spiro atoms. The summed E-state index contributed by atoms with van der Waals surface area (Å²) in [4.78, 5) is 0. The maximum absolute atomic E-state index is 10.8. The minimum Gasteiger partial charge on any atom is -0.309 e. The summed E-state index contributed by atoms with van der Waals surface area (Å²) < 4.78 is 21.5. The number of halogens is 2. The Labute approximate surface area is 111 Å². The lowest BCUT2D eigenvalue weighted by Crippen LogP contribution is -2.29. The van der Waals surface area contributed by atoms with E-state index in [0.717, 1.165) is 5.56 Å². The van der Waals surface area contributed by atoms with Crippen molar-refractivity contribution in [1.82, 2.24) is 5.32 Å². The average molecular weight is 297 g/mol. The average Bonchev–Trinajstić information content (AvgIpc) is 2.20. The molecule has 0 aliphatic rings. The van der Waals surface area contributed by atoms with Gasteiger partial charge in [-0.15, -0.1) is 0 Å². The molecule has 7 heteroatoms. The molecule has 0 saturated carbocycles. The van der Waals surface area contributed by atoms with E-state index in [1.165, 1.54) is 0 Å². The summed E-state index contributed by atoms with van der Waals surface area (Å²) in [7, 11) is -3.44. The van der Waals surface area contributed by atoms with Gasteiger partial charge in [-0.3, -0.25) is 0 Å². The van der Waals surface area contributed by atoms with Gasteiger partial charge in [0.1, 0.15) is 0 Å². The van der Waals surface area contributed by atoms with Crippen molar-refractivity contribution in [3.63, 3.8) is 0 Å². The van der Waals surface area contributed by atoms with Crippen molar-refractivity contribution >= 4 is 33.2 Å². The largest absolute Gasteiger partial charge is 0.309 e. The summed E-state index contributed by atoms with van der Waals surface area (Å²) >= 11 is 11.9. The molecular weight excluding hydrogens is 283 g/mol. The van der Waals surface area contributed by atoms with Gasteiger partial charge in [0.05, 0.1) is 15.8 Å². The third-order valence-corrected chi connectivity index (χ3v) is 3.89. The third kappa shape index (κ3) is 4.81. The fraction of sp³-hybridized carbons (Fsp3) is 0.400. The molecule has 3 N–H and O–H groups in total. The molecule has 17 heavy (non-hydrogen) atoms. The first-order valence-corrected chi connectivity index (χ1v) is 7.46. The maximum atomic E-state index is 10.8. The Morgan fingerprint density at radius 2 is 2.06 bits per heavy atom. The SMILES string of the molecule is CC(NCCS(N)(=O)=O)c1cccc(Cl)c1Cl. The van der Waals surface area contributed by atoms with E-state index in [1.807, 2.05) is 13.0 Å². The molecular formula is C10H14Cl2N2O2S. The number of benzene rings is 1. The van der Waals surface area contributed by atoms with Crippen molar-refractivity contribution in [1.29, 1.82) is 0 Å². The van der Waals surface area contributed by atoms with E-state index in [2.05, 4.69) is 5.32 Å². The molecule has 1 aromatic rings. The van der Waals surface area contributed by atoms with Crippen LogP contribution in [-0.2, 0) is 10.0 Å². The van der Waals surface area contributed by atoms with Crippen LogP contribution in [0.2, 0.25) is 10.0 Å². The van der Waals surface area contributed by atoms with E-state index in [4.69, 9.17) is 28.3 Å². The minimum absolute atomic E-state index is 0.0945. The summed E-state index contributed by atoms with van der Waals surface area (Å²) in [6.45, 7) is 2.14. The fourth-order valence-corrected chi connectivity index (χ4v) is 2.26. The summed E-state index contributed by atoms with van der Waals surface area (Å²) in [5.41, 5.74) is 0.827. The second kappa shape index (κ2) is 6.02. The van der Waals surface area contributed by atoms with Gasteiger partial charge in [0.2, 0.25) is 10.0 Å². The summed E-state index contributed by atoms with van der Waals surface area (Å²) in [6, 6.07) is 5.23.